The third-order valence-electron chi connectivity index (χ3n) is 5.37. The molecular weight excluding hydrogens is 457 g/mol. The van der Waals surface area contributed by atoms with Crippen LogP contribution in [0.15, 0.2) is 24.4 Å². The van der Waals surface area contributed by atoms with Crippen LogP contribution in [0.2, 0.25) is 0 Å². The molecule has 3 rings (SSSR count). The standard InChI is InChI=1S/C21H27F3N6O4/c1-20(2,3)17(19(33)29-10-13(31)8-14(29)18(32)25-4)30-9-12(27-28-30)11-34-16-7-5-6-15(26-16)21(22,23)24/h5-7,9,13-14,17,31H,8,10-11H2,1-4H3,(H,25,32)/t13?,14?,17-/m1/s1. The highest BCUT2D eigenvalue weighted by atomic mass is 19.4. The molecule has 0 aliphatic carbocycles. The lowest BCUT2D eigenvalue weighted by Crippen LogP contribution is -2.49. The highest BCUT2D eigenvalue weighted by molar-refractivity contribution is 5.90. The van der Waals surface area contributed by atoms with E-state index in [2.05, 4.69) is 20.6 Å². The predicted molar refractivity (Wildman–Crippen MR) is 112 cm³/mol. The number of nitrogens with one attached hydrogen (secondary N) is 1. The molecule has 0 saturated carbocycles. The molecule has 2 unspecified atom stereocenters. The van der Waals surface area contributed by atoms with Gasteiger partial charge in [0, 0.05) is 26.1 Å². The van der Waals surface area contributed by atoms with Gasteiger partial charge in [-0.25, -0.2) is 9.67 Å². The Balaban J connectivity index is 1.79. The zero-order chi connectivity index (χ0) is 25.3. The summed E-state index contributed by atoms with van der Waals surface area (Å²) in [6, 6.07) is 1.64. The van der Waals surface area contributed by atoms with E-state index in [-0.39, 0.29) is 37.1 Å². The van der Waals surface area contributed by atoms with Crippen molar-refractivity contribution in [3.05, 3.63) is 35.8 Å². The highest BCUT2D eigenvalue weighted by Gasteiger charge is 2.45. The number of nitrogens with zero attached hydrogens (tertiary/aromatic N) is 5. The largest absolute Gasteiger partial charge is 0.471 e. The van der Waals surface area contributed by atoms with E-state index in [1.54, 1.807) is 0 Å². The number of aromatic nitrogens is 4. The molecule has 34 heavy (non-hydrogen) atoms. The van der Waals surface area contributed by atoms with E-state index in [9.17, 15) is 27.9 Å². The summed E-state index contributed by atoms with van der Waals surface area (Å²) in [4.78, 5) is 30.5. The summed E-state index contributed by atoms with van der Waals surface area (Å²) in [6.45, 7) is 5.25. The summed E-state index contributed by atoms with van der Waals surface area (Å²) in [5, 5.41) is 20.6. The van der Waals surface area contributed by atoms with E-state index >= 15 is 0 Å². The Kier molecular flexibility index (Phi) is 7.15. The number of aliphatic hydroxyl groups excluding tert-OH is 1. The quantitative estimate of drug-likeness (QED) is 0.638. The molecule has 3 atom stereocenters. The van der Waals surface area contributed by atoms with Crippen LogP contribution < -0.4 is 10.1 Å². The van der Waals surface area contributed by atoms with Gasteiger partial charge in [-0.3, -0.25) is 9.59 Å². The first-order valence-electron chi connectivity index (χ1n) is 10.6. The normalized spacial score (nSPS) is 19.7. The molecular formula is C21H27F3N6O4. The Bertz CT molecular complexity index is 1040. The number of pyridine rings is 1. The predicted octanol–water partition coefficient (Wildman–Crippen LogP) is 1.57. The van der Waals surface area contributed by atoms with Crippen LogP contribution in [0.3, 0.4) is 0 Å². The maximum absolute atomic E-state index is 13.5. The molecule has 1 saturated heterocycles. The van der Waals surface area contributed by atoms with E-state index in [1.165, 1.54) is 35.0 Å². The minimum atomic E-state index is -4.60. The fourth-order valence-corrected chi connectivity index (χ4v) is 3.82. The fraction of sp³-hybridized carbons (Fsp3) is 0.571. The smallest absolute Gasteiger partial charge is 0.433 e. The third kappa shape index (κ3) is 5.64. The Hall–Kier alpha value is -3.22. The van der Waals surface area contributed by atoms with Crippen LogP contribution in [0.1, 0.15) is 44.6 Å². The first-order chi connectivity index (χ1) is 15.8. The van der Waals surface area contributed by atoms with E-state index in [1.807, 2.05) is 20.8 Å². The fourth-order valence-electron chi connectivity index (χ4n) is 3.82. The number of hydrogen-bond donors (Lipinski definition) is 2. The molecule has 2 aromatic heterocycles. The second-order valence-corrected chi connectivity index (χ2v) is 9.12. The van der Waals surface area contributed by atoms with Crippen molar-refractivity contribution >= 4 is 11.8 Å². The molecule has 186 valence electrons. The number of hydrogen-bond acceptors (Lipinski definition) is 7. The van der Waals surface area contributed by atoms with Gasteiger partial charge in [-0.15, -0.1) is 5.10 Å². The number of likely N-dealkylation sites (N-methyl/N-ethyl adjacent to an activating group) is 1. The van der Waals surface area contributed by atoms with Gasteiger partial charge in [0.15, 0.2) is 0 Å². The van der Waals surface area contributed by atoms with Crippen molar-refractivity contribution in [2.45, 2.75) is 58.2 Å². The Morgan fingerprint density at radius 3 is 2.62 bits per heavy atom. The molecule has 0 spiro atoms. The second kappa shape index (κ2) is 9.57. The number of β-amino-alcohol motifs (C(OH)–C–C–N with tert-alkyl or cyclic N) is 1. The molecule has 0 bridgehead atoms. The summed E-state index contributed by atoms with van der Waals surface area (Å²) in [7, 11) is 1.46. The summed E-state index contributed by atoms with van der Waals surface area (Å²) >= 11 is 0. The van der Waals surface area contributed by atoms with Crippen LogP contribution in [0.4, 0.5) is 13.2 Å². The molecule has 3 heterocycles. The van der Waals surface area contributed by atoms with Crippen molar-refractivity contribution in [2.75, 3.05) is 13.6 Å². The Morgan fingerprint density at radius 1 is 1.29 bits per heavy atom. The van der Waals surface area contributed by atoms with Gasteiger partial charge < -0.3 is 20.1 Å². The van der Waals surface area contributed by atoms with E-state index < -0.39 is 41.4 Å². The van der Waals surface area contributed by atoms with Crippen LogP contribution in [0.25, 0.3) is 0 Å². The minimum Gasteiger partial charge on any atom is -0.471 e. The Morgan fingerprint density at radius 2 is 2.00 bits per heavy atom. The lowest BCUT2D eigenvalue weighted by atomic mass is 9.85. The molecule has 2 N–H and O–H groups in total. The van der Waals surface area contributed by atoms with Gasteiger partial charge in [0.25, 0.3) is 0 Å². The molecule has 1 aliphatic rings. The van der Waals surface area contributed by atoms with E-state index in [4.69, 9.17) is 4.74 Å². The van der Waals surface area contributed by atoms with Crippen LogP contribution in [0.5, 0.6) is 5.88 Å². The average molecular weight is 484 g/mol. The van der Waals surface area contributed by atoms with Crippen LogP contribution >= 0.6 is 0 Å². The molecule has 1 fully saturated rings. The molecule has 0 radical (unpaired) electrons. The van der Waals surface area contributed by atoms with Gasteiger partial charge in [0.2, 0.25) is 17.7 Å². The monoisotopic (exact) mass is 484 g/mol. The van der Waals surface area contributed by atoms with Gasteiger partial charge in [-0.2, -0.15) is 13.2 Å². The van der Waals surface area contributed by atoms with Crippen molar-refractivity contribution in [1.82, 2.24) is 30.2 Å². The number of alkyl halides is 3. The first-order valence-corrected chi connectivity index (χ1v) is 10.6. The first kappa shape index (κ1) is 25.4. The molecule has 10 nitrogen and oxygen atoms in total. The van der Waals surface area contributed by atoms with Gasteiger partial charge in [-0.1, -0.05) is 32.1 Å². The summed E-state index contributed by atoms with van der Waals surface area (Å²) in [6.07, 6.45) is -3.84. The van der Waals surface area contributed by atoms with Crippen molar-refractivity contribution in [3.8, 4) is 5.88 Å². The second-order valence-electron chi connectivity index (χ2n) is 9.12. The highest BCUT2D eigenvalue weighted by Crippen LogP contribution is 2.34. The van der Waals surface area contributed by atoms with E-state index in [0.717, 1.165) is 6.07 Å². The van der Waals surface area contributed by atoms with Crippen molar-refractivity contribution in [3.63, 3.8) is 0 Å². The minimum absolute atomic E-state index is 0.00931. The van der Waals surface area contributed by atoms with Gasteiger partial charge in [0.05, 0.1) is 12.3 Å². The maximum Gasteiger partial charge on any atom is 0.433 e. The molecule has 2 aromatic rings. The Labute approximate surface area is 194 Å². The molecule has 2 amide bonds. The van der Waals surface area contributed by atoms with Crippen molar-refractivity contribution in [1.29, 1.82) is 0 Å². The van der Waals surface area contributed by atoms with Crippen molar-refractivity contribution in [2.24, 2.45) is 5.41 Å². The molecule has 13 heteroatoms. The van der Waals surface area contributed by atoms with Gasteiger partial charge in [-0.05, 0) is 11.5 Å². The number of amides is 2. The SMILES string of the molecule is CNC(=O)C1CC(O)CN1C(=O)[C@@H](n1cc(COc2cccc(C(F)(F)F)n2)nn1)C(C)(C)C. The topological polar surface area (TPSA) is 122 Å². The number of carbonyl (C=O) groups excluding carboxylic acids is 2. The summed E-state index contributed by atoms with van der Waals surface area (Å²) in [5.74, 6) is -1.01. The van der Waals surface area contributed by atoms with Crippen LogP contribution in [-0.2, 0) is 22.4 Å². The number of halogens is 3. The average Bonchev–Trinajstić information content (AvgIpc) is 3.37. The van der Waals surface area contributed by atoms with Gasteiger partial charge in [0.1, 0.15) is 30.1 Å². The van der Waals surface area contributed by atoms with Crippen LogP contribution in [-0.4, -0.2) is 67.5 Å². The zero-order valence-corrected chi connectivity index (χ0v) is 19.2. The summed E-state index contributed by atoms with van der Waals surface area (Å²) in [5.41, 5.74) is -1.46. The number of likely N-dealkylation sites (tertiary alicyclic amines) is 1. The maximum atomic E-state index is 13.5. The number of carbonyl (C=O) groups is 2. The zero-order valence-electron chi connectivity index (χ0n) is 19.2. The third-order valence-corrected chi connectivity index (χ3v) is 5.37. The molecule has 0 aromatic carbocycles. The number of ether oxygens (including phenoxy) is 1. The number of rotatable bonds is 6. The summed E-state index contributed by atoms with van der Waals surface area (Å²) < 4.78 is 45.2. The van der Waals surface area contributed by atoms with Crippen molar-refractivity contribution < 1.29 is 32.6 Å². The van der Waals surface area contributed by atoms with Gasteiger partial charge >= 0.3 is 6.18 Å². The number of aliphatic hydroxyl groups is 1. The lowest BCUT2D eigenvalue weighted by Gasteiger charge is -2.34. The molecule has 1 aliphatic heterocycles. The van der Waals surface area contributed by atoms with Crippen LogP contribution in [0, 0.1) is 5.41 Å². The van der Waals surface area contributed by atoms with E-state index in [0.29, 0.717) is 0 Å². The lowest BCUT2D eigenvalue weighted by molar-refractivity contribution is -0.144.